The fourth-order valence-corrected chi connectivity index (χ4v) is 4.16. The van der Waals surface area contributed by atoms with Gasteiger partial charge in [0.25, 0.3) is 21.9 Å². The number of guanidine groups is 1. The fourth-order valence-electron chi connectivity index (χ4n) is 2.80. The zero-order valence-corrected chi connectivity index (χ0v) is 15.6. The Morgan fingerprint density at radius 2 is 1.81 bits per heavy atom. The number of fused-ring (bicyclic) bond motifs is 3. The largest absolute Gasteiger partial charge is 0.363 e. The molecule has 2 aromatic carbocycles. The number of benzene rings is 2. The summed E-state index contributed by atoms with van der Waals surface area (Å²) >= 11 is 3.37. The number of amidine groups is 1. The molecule has 4 rings (SSSR count). The van der Waals surface area contributed by atoms with E-state index in [1.54, 1.807) is 18.2 Å². The smallest absolute Gasteiger partial charge is 0.287 e. The number of rotatable bonds is 3. The minimum Gasteiger partial charge on any atom is -0.363 e. The number of nitrogens with two attached hydrogens (primary N) is 1. The van der Waals surface area contributed by atoms with Gasteiger partial charge in [0.2, 0.25) is 5.84 Å². The van der Waals surface area contributed by atoms with E-state index in [1.807, 2.05) is 24.3 Å². The number of nitrogens with zero attached hydrogens (tertiary/aromatic N) is 4. The highest BCUT2D eigenvalue weighted by Crippen LogP contribution is 2.35. The van der Waals surface area contributed by atoms with Crippen LogP contribution < -0.4 is 10.7 Å². The maximum atomic E-state index is 12.4. The lowest BCUT2D eigenvalue weighted by Gasteiger charge is -2.33. The third-order valence-corrected chi connectivity index (χ3v) is 5.75. The summed E-state index contributed by atoms with van der Waals surface area (Å²) in [5.41, 5.74) is 6.71. The predicted molar refractivity (Wildman–Crippen MR) is 99.9 cm³/mol. The van der Waals surface area contributed by atoms with Crippen LogP contribution in [0.3, 0.4) is 0 Å². The molecule has 0 aromatic heterocycles. The van der Waals surface area contributed by atoms with Gasteiger partial charge in [-0.05, 0) is 29.8 Å². The Bertz CT molecular complexity index is 1080. The Balaban J connectivity index is 1.84. The molecule has 0 radical (unpaired) electrons. The van der Waals surface area contributed by atoms with Gasteiger partial charge in [-0.3, -0.25) is 9.80 Å². The number of halogens is 1. The molecule has 10 heteroatoms. The van der Waals surface area contributed by atoms with E-state index in [0.29, 0.717) is 5.69 Å². The number of hydrogen-bond acceptors (Lipinski definition) is 6. The van der Waals surface area contributed by atoms with Crippen molar-refractivity contribution in [3.63, 3.8) is 0 Å². The van der Waals surface area contributed by atoms with Crippen LogP contribution in [0.5, 0.6) is 0 Å². The molecule has 132 valence electrons. The summed E-state index contributed by atoms with van der Waals surface area (Å²) in [6.07, 6.45) is 0. The zero-order chi connectivity index (χ0) is 18.5. The SMILES string of the molecule is NC(=O)C1=NC2=NS(=O)(=O)c3ccccc3N2N1Cc1ccc(Br)cc1. The summed E-state index contributed by atoms with van der Waals surface area (Å²) in [5.74, 6) is -0.942. The molecule has 2 aromatic rings. The molecule has 0 saturated heterocycles. The van der Waals surface area contributed by atoms with Crippen LogP contribution in [0.25, 0.3) is 0 Å². The van der Waals surface area contributed by atoms with Gasteiger partial charge in [0, 0.05) is 4.47 Å². The van der Waals surface area contributed by atoms with E-state index in [0.717, 1.165) is 10.0 Å². The molecule has 0 aliphatic carbocycles. The molecule has 2 N–H and O–H groups in total. The molecule has 2 aliphatic heterocycles. The minimum atomic E-state index is -3.89. The molecule has 0 bridgehead atoms. The lowest BCUT2D eigenvalue weighted by atomic mass is 10.2. The normalized spacial score (nSPS) is 17.3. The van der Waals surface area contributed by atoms with Gasteiger partial charge in [-0.1, -0.05) is 40.2 Å². The number of carbonyl (C=O) groups excluding carboxylic acids is 1. The molecule has 0 atom stereocenters. The summed E-state index contributed by atoms with van der Waals surface area (Å²) in [4.78, 5) is 16.0. The van der Waals surface area contributed by atoms with E-state index in [4.69, 9.17) is 5.73 Å². The van der Waals surface area contributed by atoms with Crippen molar-refractivity contribution in [2.24, 2.45) is 15.1 Å². The molecule has 2 heterocycles. The lowest BCUT2D eigenvalue weighted by Crippen LogP contribution is -2.48. The van der Waals surface area contributed by atoms with Crippen LogP contribution in [0, 0.1) is 0 Å². The third kappa shape index (κ3) is 2.67. The van der Waals surface area contributed by atoms with E-state index >= 15 is 0 Å². The second-order valence-corrected chi connectivity index (χ2v) is 8.12. The second-order valence-electron chi connectivity index (χ2n) is 5.63. The van der Waals surface area contributed by atoms with E-state index < -0.39 is 15.9 Å². The van der Waals surface area contributed by atoms with Crippen molar-refractivity contribution in [1.82, 2.24) is 5.01 Å². The first-order valence-corrected chi connectivity index (χ1v) is 9.75. The number of para-hydroxylation sites is 1. The fraction of sp³-hybridized carbons (Fsp3) is 0.0625. The maximum Gasteiger partial charge on any atom is 0.287 e. The van der Waals surface area contributed by atoms with Crippen molar-refractivity contribution in [3.8, 4) is 0 Å². The monoisotopic (exact) mass is 433 g/mol. The molecule has 0 unspecified atom stereocenters. The van der Waals surface area contributed by atoms with Crippen LogP contribution in [0.15, 0.2) is 67.3 Å². The van der Waals surface area contributed by atoms with Gasteiger partial charge in [0.15, 0.2) is 0 Å². The first-order valence-electron chi connectivity index (χ1n) is 7.51. The average Bonchev–Trinajstić information content (AvgIpc) is 2.95. The second kappa shape index (κ2) is 5.92. The summed E-state index contributed by atoms with van der Waals surface area (Å²) in [6, 6.07) is 13.9. The number of hydrogen-bond donors (Lipinski definition) is 1. The number of sulfonamides is 1. The number of anilines is 1. The molecule has 1 amide bonds. The van der Waals surface area contributed by atoms with Gasteiger partial charge in [-0.2, -0.15) is 13.4 Å². The first kappa shape index (κ1) is 16.7. The molecule has 26 heavy (non-hydrogen) atoms. The summed E-state index contributed by atoms with van der Waals surface area (Å²) in [5, 5.41) is 3.02. The number of amides is 1. The minimum absolute atomic E-state index is 0.0467. The van der Waals surface area contributed by atoms with Crippen LogP contribution in [-0.2, 0) is 21.4 Å². The lowest BCUT2D eigenvalue weighted by molar-refractivity contribution is -0.112. The van der Waals surface area contributed by atoms with Crippen molar-refractivity contribution in [1.29, 1.82) is 0 Å². The molecule has 0 saturated carbocycles. The van der Waals surface area contributed by atoms with Crippen LogP contribution in [0.2, 0.25) is 0 Å². The Morgan fingerprint density at radius 1 is 1.12 bits per heavy atom. The van der Waals surface area contributed by atoms with E-state index in [1.165, 1.54) is 16.1 Å². The molecule has 2 aliphatic rings. The van der Waals surface area contributed by atoms with Gasteiger partial charge in [0.1, 0.15) is 4.90 Å². The number of primary amides is 1. The number of aliphatic imine (C=N–C) groups is 1. The van der Waals surface area contributed by atoms with Crippen molar-refractivity contribution < 1.29 is 13.2 Å². The van der Waals surface area contributed by atoms with Gasteiger partial charge in [-0.25, -0.2) is 5.01 Å². The highest BCUT2D eigenvalue weighted by atomic mass is 79.9. The van der Waals surface area contributed by atoms with E-state index in [9.17, 15) is 13.2 Å². The van der Waals surface area contributed by atoms with Crippen LogP contribution >= 0.6 is 15.9 Å². The topological polar surface area (TPSA) is 108 Å². The highest BCUT2D eigenvalue weighted by Gasteiger charge is 2.41. The van der Waals surface area contributed by atoms with Crippen LogP contribution in [0.4, 0.5) is 5.69 Å². The molecule has 0 fully saturated rings. The third-order valence-electron chi connectivity index (χ3n) is 3.92. The van der Waals surface area contributed by atoms with Gasteiger partial charge >= 0.3 is 0 Å². The summed E-state index contributed by atoms with van der Waals surface area (Å²) < 4.78 is 29.4. The molecule has 8 nitrogen and oxygen atoms in total. The quantitative estimate of drug-likeness (QED) is 0.790. The van der Waals surface area contributed by atoms with Gasteiger partial charge in [0.05, 0.1) is 12.2 Å². The average molecular weight is 434 g/mol. The van der Waals surface area contributed by atoms with Crippen molar-refractivity contribution in [2.75, 3.05) is 5.01 Å². The number of hydrazine groups is 1. The van der Waals surface area contributed by atoms with Crippen molar-refractivity contribution in [2.45, 2.75) is 11.4 Å². The Morgan fingerprint density at radius 3 is 2.50 bits per heavy atom. The van der Waals surface area contributed by atoms with Gasteiger partial charge in [-0.15, -0.1) is 4.40 Å². The summed E-state index contributed by atoms with van der Waals surface area (Å²) in [6.45, 7) is 0.266. The highest BCUT2D eigenvalue weighted by molar-refractivity contribution is 9.10. The van der Waals surface area contributed by atoms with E-state index in [2.05, 4.69) is 25.3 Å². The molecular weight excluding hydrogens is 422 g/mol. The predicted octanol–water partition coefficient (Wildman–Crippen LogP) is 1.63. The Kier molecular flexibility index (Phi) is 3.81. The van der Waals surface area contributed by atoms with E-state index in [-0.39, 0.29) is 23.2 Å². The molecular formula is C16H12BrN5O3S. The zero-order valence-electron chi connectivity index (χ0n) is 13.2. The standard InChI is InChI=1S/C16H12BrN5O3S/c17-11-7-5-10(6-8-11)9-21-15(14(18)23)19-16-20-26(24,25)13-4-2-1-3-12(13)22(16)21/h1-8H,9H2,(H2,18,23). The van der Waals surface area contributed by atoms with Crippen LogP contribution in [-0.4, -0.2) is 31.1 Å². The Hall–Kier alpha value is -2.72. The summed E-state index contributed by atoms with van der Waals surface area (Å²) in [7, 11) is -3.89. The first-order chi connectivity index (χ1) is 12.4. The van der Waals surface area contributed by atoms with Crippen molar-refractivity contribution in [3.05, 3.63) is 58.6 Å². The Labute approximate surface area is 157 Å². The number of carbonyl (C=O) groups is 1. The van der Waals surface area contributed by atoms with Crippen LogP contribution in [0.1, 0.15) is 5.56 Å². The van der Waals surface area contributed by atoms with Crippen molar-refractivity contribution >= 4 is 49.3 Å². The van der Waals surface area contributed by atoms with Gasteiger partial charge < -0.3 is 5.73 Å². The molecule has 0 spiro atoms. The maximum absolute atomic E-state index is 12.4.